The molecule has 2 aromatic rings. The van der Waals surface area contributed by atoms with Crippen LogP contribution in [0.1, 0.15) is 36.3 Å². The van der Waals surface area contributed by atoms with Gasteiger partial charge < -0.3 is 19.4 Å². The van der Waals surface area contributed by atoms with Crippen LogP contribution in [0.15, 0.2) is 54.6 Å². The van der Waals surface area contributed by atoms with Crippen LogP contribution in [-0.2, 0) is 11.3 Å². The van der Waals surface area contributed by atoms with Crippen molar-refractivity contribution < 1.29 is 9.53 Å². The van der Waals surface area contributed by atoms with Crippen molar-refractivity contribution in [1.29, 1.82) is 0 Å². The van der Waals surface area contributed by atoms with Gasteiger partial charge in [0, 0.05) is 38.6 Å². The summed E-state index contributed by atoms with van der Waals surface area (Å²) in [6, 6.07) is 19.1. The van der Waals surface area contributed by atoms with Crippen molar-refractivity contribution in [3.05, 3.63) is 65.7 Å². The second-order valence-electron chi connectivity index (χ2n) is 10.4. The van der Waals surface area contributed by atoms with E-state index in [1.807, 2.05) is 12.1 Å². The van der Waals surface area contributed by atoms with Crippen LogP contribution in [0.4, 0.5) is 0 Å². The molecule has 3 aliphatic rings. The van der Waals surface area contributed by atoms with Gasteiger partial charge in [-0.3, -0.25) is 4.79 Å². The van der Waals surface area contributed by atoms with Crippen molar-refractivity contribution in [2.24, 2.45) is 11.3 Å². The molecule has 35 heavy (non-hydrogen) atoms. The van der Waals surface area contributed by atoms with Crippen LogP contribution in [0.25, 0.3) is 0 Å². The summed E-state index contributed by atoms with van der Waals surface area (Å²) in [5.41, 5.74) is 2.52. The molecule has 0 bridgehead atoms. The van der Waals surface area contributed by atoms with Gasteiger partial charge in [-0.15, -0.1) is 24.8 Å². The van der Waals surface area contributed by atoms with E-state index in [1.165, 1.54) is 11.1 Å². The van der Waals surface area contributed by atoms with E-state index in [0.29, 0.717) is 24.3 Å². The highest BCUT2D eigenvalue weighted by Gasteiger charge is 2.48. The number of carbonyl (C=O) groups excluding carboxylic acids is 1. The molecule has 0 aliphatic carbocycles. The number of likely N-dealkylation sites (N-methyl/N-ethyl adjacent to an activating group) is 1. The van der Waals surface area contributed by atoms with Crippen LogP contribution in [-0.4, -0.2) is 74.0 Å². The van der Waals surface area contributed by atoms with E-state index >= 15 is 0 Å². The molecule has 0 aromatic heterocycles. The molecule has 0 radical (unpaired) electrons. The van der Waals surface area contributed by atoms with Crippen LogP contribution in [0.3, 0.4) is 0 Å². The maximum Gasteiger partial charge on any atom is 0.229 e. The fraction of sp³-hybridized carbons (Fsp3) is 0.536. The minimum atomic E-state index is -0.131. The number of carbonyl (C=O) groups is 1. The largest absolute Gasteiger partial charge is 0.497 e. The van der Waals surface area contributed by atoms with Gasteiger partial charge in [0.25, 0.3) is 0 Å². The molecule has 5 nitrogen and oxygen atoms in total. The normalized spacial score (nSPS) is 24.3. The molecule has 192 valence electrons. The summed E-state index contributed by atoms with van der Waals surface area (Å²) in [6.07, 6.45) is 3.02. The predicted octanol–water partition coefficient (Wildman–Crippen LogP) is 4.70. The van der Waals surface area contributed by atoms with Gasteiger partial charge >= 0.3 is 0 Å². The van der Waals surface area contributed by atoms with Crippen molar-refractivity contribution in [2.75, 3.05) is 53.4 Å². The van der Waals surface area contributed by atoms with Crippen molar-refractivity contribution in [3.8, 4) is 5.75 Å². The lowest BCUT2D eigenvalue weighted by atomic mass is 9.76. The fourth-order valence-corrected chi connectivity index (χ4v) is 6.30. The molecule has 0 saturated carbocycles. The summed E-state index contributed by atoms with van der Waals surface area (Å²) >= 11 is 0. The quantitative estimate of drug-likeness (QED) is 0.554. The number of likely N-dealkylation sites (tertiary alicyclic amines) is 3. The number of rotatable bonds is 6. The Kier molecular flexibility index (Phi) is 9.50. The van der Waals surface area contributed by atoms with E-state index in [0.717, 1.165) is 64.3 Å². The zero-order valence-electron chi connectivity index (χ0n) is 20.9. The number of hydrogen-bond donors (Lipinski definition) is 0. The van der Waals surface area contributed by atoms with Crippen molar-refractivity contribution in [1.82, 2.24) is 14.7 Å². The van der Waals surface area contributed by atoms with E-state index in [4.69, 9.17) is 4.74 Å². The number of halogens is 2. The highest BCUT2D eigenvalue weighted by molar-refractivity contribution is 5.86. The first kappa shape index (κ1) is 27.8. The van der Waals surface area contributed by atoms with E-state index < -0.39 is 0 Å². The Labute approximate surface area is 222 Å². The van der Waals surface area contributed by atoms with Crippen molar-refractivity contribution in [3.63, 3.8) is 0 Å². The second kappa shape index (κ2) is 12.0. The number of methoxy groups -OCH3 is 1. The van der Waals surface area contributed by atoms with Crippen molar-refractivity contribution >= 4 is 30.7 Å². The summed E-state index contributed by atoms with van der Waals surface area (Å²) in [4.78, 5) is 20.6. The van der Waals surface area contributed by atoms with Gasteiger partial charge in [-0.05, 0) is 68.6 Å². The average molecular weight is 521 g/mol. The number of hydrogen-bond acceptors (Lipinski definition) is 4. The number of benzene rings is 2. The van der Waals surface area contributed by atoms with Gasteiger partial charge in [-0.25, -0.2) is 0 Å². The van der Waals surface area contributed by atoms with E-state index in [9.17, 15) is 4.79 Å². The van der Waals surface area contributed by atoms with Crippen LogP contribution in [0.2, 0.25) is 0 Å². The minimum Gasteiger partial charge on any atom is -0.497 e. The molecule has 2 atom stereocenters. The van der Waals surface area contributed by atoms with Gasteiger partial charge in [0.15, 0.2) is 0 Å². The van der Waals surface area contributed by atoms with Crippen LogP contribution in [0, 0.1) is 11.3 Å². The fourth-order valence-electron chi connectivity index (χ4n) is 6.30. The lowest BCUT2D eigenvalue weighted by Crippen LogP contribution is -2.46. The minimum absolute atomic E-state index is 0. The third-order valence-corrected chi connectivity index (χ3v) is 8.29. The molecule has 7 heteroatoms. The zero-order chi connectivity index (χ0) is 22.8. The standard InChI is InChI=1S/C28H37N3O2.2ClH/c1-29-19-24(26(21-29)23-6-4-3-5-7-23)20-30-15-12-28(13-16-30)14-17-31(27(28)32)18-22-8-10-25(33-2)11-9-22;;/h3-11,24,26H,12-21H2,1-2H3;2*1H/t24-,26?;;/m1../s1. The monoisotopic (exact) mass is 519 g/mol. The smallest absolute Gasteiger partial charge is 0.229 e. The van der Waals surface area contributed by atoms with Gasteiger partial charge in [0.05, 0.1) is 12.5 Å². The Hall–Kier alpha value is -1.79. The molecule has 1 unspecified atom stereocenters. The first-order chi connectivity index (χ1) is 16.1. The number of piperidine rings is 1. The summed E-state index contributed by atoms with van der Waals surface area (Å²) < 4.78 is 5.26. The molecule has 3 heterocycles. The average Bonchev–Trinajstić information content (AvgIpc) is 3.36. The first-order valence-electron chi connectivity index (χ1n) is 12.4. The molecule has 2 aromatic carbocycles. The molecular weight excluding hydrogens is 481 g/mol. The van der Waals surface area contributed by atoms with Crippen LogP contribution >= 0.6 is 24.8 Å². The maximum atomic E-state index is 13.4. The van der Waals surface area contributed by atoms with Crippen molar-refractivity contribution in [2.45, 2.75) is 31.7 Å². The van der Waals surface area contributed by atoms with Crippen LogP contribution < -0.4 is 4.74 Å². The first-order valence-corrected chi connectivity index (χ1v) is 12.4. The zero-order valence-corrected chi connectivity index (χ0v) is 22.5. The van der Waals surface area contributed by atoms with Crippen LogP contribution in [0.5, 0.6) is 5.75 Å². The summed E-state index contributed by atoms with van der Waals surface area (Å²) in [7, 11) is 3.93. The lowest BCUT2D eigenvalue weighted by molar-refractivity contribution is -0.139. The van der Waals surface area contributed by atoms with E-state index in [1.54, 1.807) is 7.11 Å². The van der Waals surface area contributed by atoms with E-state index in [-0.39, 0.29) is 30.2 Å². The summed E-state index contributed by atoms with van der Waals surface area (Å²) in [5.74, 6) is 2.51. The Morgan fingerprint density at radius 2 is 1.57 bits per heavy atom. The van der Waals surface area contributed by atoms with Gasteiger partial charge in [0.2, 0.25) is 5.91 Å². The molecule has 3 saturated heterocycles. The molecule has 0 N–H and O–H groups in total. The molecular formula is C28H39Cl2N3O2. The highest BCUT2D eigenvalue weighted by Crippen LogP contribution is 2.43. The third kappa shape index (κ3) is 5.96. The Morgan fingerprint density at radius 3 is 2.23 bits per heavy atom. The second-order valence-corrected chi connectivity index (χ2v) is 10.4. The lowest BCUT2D eigenvalue weighted by Gasteiger charge is -2.39. The van der Waals surface area contributed by atoms with Gasteiger partial charge in [0.1, 0.15) is 5.75 Å². The predicted molar refractivity (Wildman–Crippen MR) is 146 cm³/mol. The summed E-state index contributed by atoms with van der Waals surface area (Å²) in [6.45, 7) is 7.13. The summed E-state index contributed by atoms with van der Waals surface area (Å²) in [5, 5.41) is 0. The number of ether oxygens (including phenoxy) is 1. The molecule has 3 aliphatic heterocycles. The van der Waals surface area contributed by atoms with Gasteiger partial charge in [-0.2, -0.15) is 0 Å². The van der Waals surface area contributed by atoms with Gasteiger partial charge in [-0.1, -0.05) is 42.5 Å². The maximum absolute atomic E-state index is 13.4. The Bertz CT molecular complexity index is 948. The third-order valence-electron chi connectivity index (χ3n) is 8.29. The highest BCUT2D eigenvalue weighted by atomic mass is 35.5. The number of amides is 1. The molecule has 1 amide bonds. The SMILES string of the molecule is COc1ccc(CN2CCC3(CCN(C[C@H]4CN(C)CC4c4ccccc4)CC3)C2=O)cc1.Cl.Cl. The van der Waals surface area contributed by atoms with E-state index in [2.05, 4.69) is 64.2 Å². The topological polar surface area (TPSA) is 36.0 Å². The molecule has 5 rings (SSSR count). The molecule has 1 spiro atoms. The Morgan fingerprint density at radius 1 is 0.914 bits per heavy atom. The Balaban J connectivity index is 0.00000171. The molecule has 3 fully saturated rings. The number of nitrogens with zero attached hydrogens (tertiary/aromatic N) is 3.